The second kappa shape index (κ2) is 9.06. The minimum absolute atomic E-state index is 0.0496. The van der Waals surface area contributed by atoms with E-state index in [1.54, 1.807) is 0 Å². The molecule has 0 atom stereocenters. The number of benzene rings is 2. The molecule has 2 aliphatic heterocycles. The molecule has 3 aliphatic rings. The molecule has 4 nitrogen and oxygen atoms in total. The van der Waals surface area contributed by atoms with Gasteiger partial charge in [0.1, 0.15) is 5.76 Å². The number of ketones is 1. The predicted octanol–water partition coefficient (Wildman–Crippen LogP) is 8.16. The highest BCUT2D eigenvalue weighted by molar-refractivity contribution is 6.24. The second-order valence-corrected chi connectivity index (χ2v) is 15.1. The minimum Gasteiger partial charge on any atom is -0.506 e. The van der Waals surface area contributed by atoms with E-state index in [1.165, 1.54) is 22.5 Å². The van der Waals surface area contributed by atoms with E-state index < -0.39 is 0 Å². The third-order valence-electron chi connectivity index (χ3n) is 8.43. The van der Waals surface area contributed by atoms with Crippen molar-refractivity contribution in [2.75, 3.05) is 18.0 Å². The number of hydrogen-bond donors (Lipinski definition) is 1. The van der Waals surface area contributed by atoms with Crippen LogP contribution in [0.4, 0.5) is 11.4 Å². The maximum Gasteiger partial charge on any atom is 0.209 e. The van der Waals surface area contributed by atoms with E-state index in [9.17, 15) is 9.90 Å². The van der Waals surface area contributed by atoms with Crippen molar-refractivity contribution in [1.82, 2.24) is 0 Å². The molecule has 2 aromatic rings. The van der Waals surface area contributed by atoms with Gasteiger partial charge in [-0.25, -0.2) is 0 Å². The van der Waals surface area contributed by atoms with Gasteiger partial charge < -0.3 is 10.0 Å². The number of nitrogens with zero attached hydrogens (tertiary/aromatic N) is 2. The molecule has 2 heterocycles. The number of rotatable bonds is 4. The molecule has 0 saturated carbocycles. The van der Waals surface area contributed by atoms with Gasteiger partial charge in [0, 0.05) is 46.5 Å². The molecule has 2 aromatic carbocycles. The van der Waals surface area contributed by atoms with E-state index in [4.69, 9.17) is 0 Å². The van der Waals surface area contributed by atoms with Crippen molar-refractivity contribution in [2.24, 2.45) is 10.8 Å². The summed E-state index contributed by atoms with van der Waals surface area (Å²) >= 11 is 0. The van der Waals surface area contributed by atoms with Crippen molar-refractivity contribution in [3.8, 4) is 0 Å². The number of allylic oxidation sites excluding steroid dienone is 5. The Morgan fingerprint density at radius 2 is 1.43 bits per heavy atom. The standard InChI is InChI=1S/C36H44N2O2/c1-33(2,3)21-37-27-17-13-11-15-25(27)35(7,8)29(37)19-23-31(39)24(32(23)40)20-30-36(9,10)26-16-12-14-18-28(26)38(30)22-34(4,5)6/h11-20H,21-22H2,1-10H3/p+1. The third-order valence-corrected chi connectivity index (χ3v) is 8.43. The molecular weight excluding hydrogens is 492 g/mol. The average Bonchev–Trinajstić information content (AvgIpc) is 3.18. The second-order valence-electron chi connectivity index (χ2n) is 15.1. The van der Waals surface area contributed by atoms with Gasteiger partial charge in [-0.15, -0.1) is 0 Å². The van der Waals surface area contributed by atoms with Crippen LogP contribution in [0.3, 0.4) is 0 Å². The number of fused-ring (bicyclic) bond motifs is 2. The number of aliphatic hydroxyl groups excluding tert-OH is 1. The molecule has 0 radical (unpaired) electrons. The summed E-state index contributed by atoms with van der Waals surface area (Å²) in [6.07, 6.45) is 3.87. The molecule has 0 saturated heterocycles. The van der Waals surface area contributed by atoms with E-state index in [0.717, 1.165) is 24.5 Å². The van der Waals surface area contributed by atoms with Gasteiger partial charge in [0.15, 0.2) is 12.3 Å². The molecule has 1 aliphatic carbocycles. The van der Waals surface area contributed by atoms with Crippen LogP contribution >= 0.6 is 0 Å². The summed E-state index contributed by atoms with van der Waals surface area (Å²) in [6, 6.07) is 17.0. The molecule has 0 unspecified atom stereocenters. The minimum atomic E-state index is -0.289. The van der Waals surface area contributed by atoms with Crippen molar-refractivity contribution >= 4 is 22.9 Å². The van der Waals surface area contributed by atoms with Gasteiger partial charge in [-0.05, 0) is 37.0 Å². The van der Waals surface area contributed by atoms with Crippen molar-refractivity contribution in [2.45, 2.75) is 80.1 Å². The van der Waals surface area contributed by atoms with E-state index in [2.05, 4.69) is 127 Å². The molecule has 4 heteroatoms. The van der Waals surface area contributed by atoms with Crippen LogP contribution in [-0.4, -0.2) is 34.3 Å². The molecule has 40 heavy (non-hydrogen) atoms. The summed E-state index contributed by atoms with van der Waals surface area (Å²) in [4.78, 5) is 16.1. The maximum absolute atomic E-state index is 13.7. The summed E-state index contributed by atoms with van der Waals surface area (Å²) in [7, 11) is 0. The summed E-state index contributed by atoms with van der Waals surface area (Å²) in [5.41, 5.74) is 7.26. The number of anilines is 1. The summed E-state index contributed by atoms with van der Waals surface area (Å²) in [5, 5.41) is 11.4. The van der Waals surface area contributed by atoms with Crippen molar-refractivity contribution in [3.05, 3.63) is 94.4 Å². The first kappa shape index (κ1) is 28.1. The molecule has 0 bridgehead atoms. The first-order chi connectivity index (χ1) is 18.4. The number of para-hydroxylation sites is 2. The fraction of sp³-hybridized carbons (Fsp3) is 0.444. The first-order valence-corrected chi connectivity index (χ1v) is 14.5. The number of hydrogen-bond acceptors (Lipinski definition) is 3. The average molecular weight is 538 g/mol. The third kappa shape index (κ3) is 4.56. The van der Waals surface area contributed by atoms with E-state index in [-0.39, 0.29) is 33.2 Å². The highest BCUT2D eigenvalue weighted by Gasteiger charge is 2.48. The number of carbonyl (C=O) groups is 1. The lowest BCUT2D eigenvalue weighted by atomic mass is 9.77. The number of aliphatic hydroxyl groups is 1. The lowest BCUT2D eigenvalue weighted by Crippen LogP contribution is -2.35. The van der Waals surface area contributed by atoms with Crippen LogP contribution in [0.25, 0.3) is 0 Å². The van der Waals surface area contributed by atoms with E-state index >= 15 is 0 Å². The van der Waals surface area contributed by atoms with Crippen LogP contribution in [0.5, 0.6) is 0 Å². The summed E-state index contributed by atoms with van der Waals surface area (Å²) in [6.45, 7) is 23.8. The normalized spacial score (nSPS) is 21.9. The molecule has 210 valence electrons. The molecule has 1 N–H and O–H groups in total. The van der Waals surface area contributed by atoms with Gasteiger partial charge >= 0.3 is 0 Å². The topological polar surface area (TPSA) is 43.5 Å². The Balaban J connectivity index is 1.61. The van der Waals surface area contributed by atoms with Gasteiger partial charge in [0.05, 0.1) is 16.6 Å². The smallest absolute Gasteiger partial charge is 0.209 e. The quantitative estimate of drug-likeness (QED) is 0.316. The van der Waals surface area contributed by atoms with Crippen molar-refractivity contribution < 1.29 is 14.5 Å². The monoisotopic (exact) mass is 537 g/mol. The van der Waals surface area contributed by atoms with Crippen LogP contribution < -0.4 is 4.90 Å². The van der Waals surface area contributed by atoms with Crippen molar-refractivity contribution in [3.63, 3.8) is 0 Å². The molecule has 0 amide bonds. The number of Topliss-reactive ketones (excluding diaryl/α,β-unsaturated/α-hetero) is 1. The molecule has 0 spiro atoms. The van der Waals surface area contributed by atoms with Crippen LogP contribution in [0, 0.1) is 10.8 Å². The highest BCUT2D eigenvalue weighted by atomic mass is 16.3. The molecular formula is C36H45N2O2+. The summed E-state index contributed by atoms with van der Waals surface area (Å²) in [5.74, 6) is -0.00245. The fourth-order valence-electron chi connectivity index (χ4n) is 6.48. The zero-order chi connectivity index (χ0) is 29.4. The van der Waals surface area contributed by atoms with E-state index in [1.807, 2.05) is 12.2 Å². The largest absolute Gasteiger partial charge is 0.506 e. The Kier molecular flexibility index (Phi) is 6.37. The maximum atomic E-state index is 13.7. The van der Waals surface area contributed by atoms with Crippen LogP contribution in [0.15, 0.2) is 83.3 Å². The van der Waals surface area contributed by atoms with Gasteiger partial charge in [-0.3, -0.25) is 4.79 Å². The van der Waals surface area contributed by atoms with Gasteiger partial charge in [0.2, 0.25) is 11.5 Å². The van der Waals surface area contributed by atoms with E-state index in [0.29, 0.717) is 11.1 Å². The molecule has 0 aromatic heterocycles. The van der Waals surface area contributed by atoms with Gasteiger partial charge in [0.25, 0.3) is 0 Å². The van der Waals surface area contributed by atoms with Gasteiger partial charge in [-0.2, -0.15) is 4.58 Å². The Bertz CT molecular complexity index is 1530. The predicted molar refractivity (Wildman–Crippen MR) is 166 cm³/mol. The SMILES string of the molecule is CC(C)(C)CN1/C(=C/C2=C(O)C(=C/C3=[N+](CC(C)(C)C)c4ccccc4C3(C)C)/C2=O)C(C)(C)c2ccccc21. The Morgan fingerprint density at radius 1 is 0.825 bits per heavy atom. The Hall–Kier alpha value is -3.40. The van der Waals surface area contributed by atoms with Gasteiger partial charge in [-0.1, -0.05) is 91.8 Å². The van der Waals surface area contributed by atoms with Crippen molar-refractivity contribution in [1.29, 1.82) is 0 Å². The van der Waals surface area contributed by atoms with Crippen LogP contribution in [-0.2, 0) is 15.6 Å². The summed E-state index contributed by atoms with van der Waals surface area (Å²) < 4.78 is 2.33. The zero-order valence-corrected chi connectivity index (χ0v) is 25.9. The first-order valence-electron chi connectivity index (χ1n) is 14.5. The zero-order valence-electron chi connectivity index (χ0n) is 25.9. The van der Waals surface area contributed by atoms with Crippen LogP contribution in [0.1, 0.15) is 80.4 Å². The fourth-order valence-corrected chi connectivity index (χ4v) is 6.48. The Labute approximate surface area is 240 Å². The Morgan fingerprint density at radius 3 is 2.02 bits per heavy atom. The lowest BCUT2D eigenvalue weighted by Gasteiger charge is -2.33. The highest BCUT2D eigenvalue weighted by Crippen LogP contribution is 2.50. The lowest BCUT2D eigenvalue weighted by molar-refractivity contribution is -0.454. The van der Waals surface area contributed by atoms with Crippen LogP contribution in [0.2, 0.25) is 0 Å². The molecule has 0 fully saturated rings. The number of carbonyl (C=O) groups excluding carboxylic acids is 1. The molecule has 5 rings (SSSR count).